The van der Waals surface area contributed by atoms with E-state index in [1.54, 1.807) is 23.5 Å². The summed E-state index contributed by atoms with van der Waals surface area (Å²) in [5.74, 6) is -1.01. The zero-order chi connectivity index (χ0) is 14.0. The standard InChI is InChI=1S/C13H13BrN2O2S/c1-16(6-8-4-12(14)19-7-8)9-2-3-10(13(17)18)11(15)5-9/h2-5,7H,6,15H2,1H3,(H,17,18). The maximum atomic E-state index is 10.9. The van der Waals surface area contributed by atoms with Crippen LogP contribution in [0, 0.1) is 0 Å². The molecule has 0 saturated heterocycles. The molecule has 19 heavy (non-hydrogen) atoms. The predicted octanol–water partition coefficient (Wildman–Crippen LogP) is 3.43. The van der Waals surface area contributed by atoms with E-state index in [1.165, 1.54) is 11.6 Å². The zero-order valence-electron chi connectivity index (χ0n) is 10.3. The molecule has 6 heteroatoms. The van der Waals surface area contributed by atoms with Crippen molar-refractivity contribution in [2.24, 2.45) is 0 Å². The molecule has 0 fully saturated rings. The van der Waals surface area contributed by atoms with Gasteiger partial charge < -0.3 is 15.7 Å². The number of halogens is 1. The fourth-order valence-electron chi connectivity index (χ4n) is 1.78. The van der Waals surface area contributed by atoms with Crippen molar-refractivity contribution in [2.75, 3.05) is 17.7 Å². The Morgan fingerprint density at radius 3 is 2.74 bits per heavy atom. The van der Waals surface area contributed by atoms with Gasteiger partial charge >= 0.3 is 5.97 Å². The maximum Gasteiger partial charge on any atom is 0.337 e. The Morgan fingerprint density at radius 1 is 1.47 bits per heavy atom. The van der Waals surface area contributed by atoms with Gasteiger partial charge in [0.05, 0.1) is 9.35 Å². The lowest BCUT2D eigenvalue weighted by molar-refractivity contribution is 0.0698. The summed E-state index contributed by atoms with van der Waals surface area (Å²) in [6.45, 7) is 0.744. The Bertz CT molecular complexity index is 612. The molecule has 0 spiro atoms. The molecule has 0 amide bonds. The largest absolute Gasteiger partial charge is 0.478 e. The lowest BCUT2D eigenvalue weighted by Gasteiger charge is -2.19. The van der Waals surface area contributed by atoms with E-state index in [0.717, 1.165) is 16.0 Å². The molecule has 2 aromatic rings. The molecule has 0 bridgehead atoms. The molecule has 0 atom stereocenters. The van der Waals surface area contributed by atoms with Gasteiger partial charge in [-0.2, -0.15) is 0 Å². The Morgan fingerprint density at radius 2 is 2.21 bits per heavy atom. The SMILES string of the molecule is CN(Cc1csc(Br)c1)c1ccc(C(=O)O)c(N)c1. The molecule has 2 rings (SSSR count). The number of anilines is 2. The van der Waals surface area contributed by atoms with Gasteiger partial charge in [-0.25, -0.2) is 4.79 Å². The molecular formula is C13H13BrN2O2S. The van der Waals surface area contributed by atoms with Crippen LogP contribution in [0.5, 0.6) is 0 Å². The van der Waals surface area contributed by atoms with Crippen LogP contribution in [-0.4, -0.2) is 18.1 Å². The zero-order valence-corrected chi connectivity index (χ0v) is 12.7. The summed E-state index contributed by atoms with van der Waals surface area (Å²) < 4.78 is 1.09. The highest BCUT2D eigenvalue weighted by Gasteiger charge is 2.10. The summed E-state index contributed by atoms with van der Waals surface area (Å²) in [4.78, 5) is 12.9. The van der Waals surface area contributed by atoms with Crippen LogP contribution >= 0.6 is 27.3 Å². The maximum absolute atomic E-state index is 10.9. The molecule has 1 aromatic heterocycles. The number of carboxylic acid groups (broad SMARTS) is 1. The number of nitrogens with two attached hydrogens (primary N) is 1. The number of rotatable bonds is 4. The van der Waals surface area contributed by atoms with E-state index in [1.807, 2.05) is 11.9 Å². The molecule has 0 radical (unpaired) electrons. The summed E-state index contributed by atoms with van der Waals surface area (Å²) in [6, 6.07) is 7.05. The van der Waals surface area contributed by atoms with E-state index < -0.39 is 5.97 Å². The van der Waals surface area contributed by atoms with Crippen molar-refractivity contribution in [3.8, 4) is 0 Å². The van der Waals surface area contributed by atoms with E-state index in [2.05, 4.69) is 27.4 Å². The van der Waals surface area contributed by atoms with Crippen LogP contribution in [0.15, 0.2) is 33.4 Å². The number of hydrogen-bond donors (Lipinski definition) is 2. The second kappa shape index (κ2) is 5.63. The second-order valence-electron chi connectivity index (χ2n) is 4.19. The van der Waals surface area contributed by atoms with E-state index in [-0.39, 0.29) is 11.3 Å². The molecule has 4 nitrogen and oxygen atoms in total. The monoisotopic (exact) mass is 340 g/mol. The number of carboxylic acids is 1. The quantitative estimate of drug-likeness (QED) is 0.836. The smallest absolute Gasteiger partial charge is 0.337 e. The van der Waals surface area contributed by atoms with Crippen LogP contribution in [0.2, 0.25) is 0 Å². The Balaban J connectivity index is 2.17. The van der Waals surface area contributed by atoms with Gasteiger partial charge in [-0.15, -0.1) is 11.3 Å². The average Bonchev–Trinajstić information content (AvgIpc) is 2.74. The van der Waals surface area contributed by atoms with Crippen LogP contribution < -0.4 is 10.6 Å². The summed E-state index contributed by atoms with van der Waals surface area (Å²) in [5.41, 5.74) is 8.25. The number of thiophene rings is 1. The summed E-state index contributed by atoms with van der Waals surface area (Å²) in [7, 11) is 1.95. The highest BCUT2D eigenvalue weighted by atomic mass is 79.9. The number of carbonyl (C=O) groups is 1. The second-order valence-corrected chi connectivity index (χ2v) is 6.48. The number of aromatic carboxylic acids is 1. The minimum absolute atomic E-state index is 0.135. The Labute approximate surface area is 123 Å². The van der Waals surface area contributed by atoms with Crippen molar-refractivity contribution in [1.29, 1.82) is 0 Å². The van der Waals surface area contributed by atoms with Gasteiger partial charge in [0.1, 0.15) is 0 Å². The summed E-state index contributed by atoms with van der Waals surface area (Å²) >= 11 is 5.07. The summed E-state index contributed by atoms with van der Waals surface area (Å²) in [5, 5.41) is 11.0. The number of nitrogens with zero attached hydrogens (tertiary/aromatic N) is 1. The van der Waals surface area contributed by atoms with Crippen LogP contribution in [0.3, 0.4) is 0 Å². The average molecular weight is 341 g/mol. The fourth-order valence-corrected chi connectivity index (χ4v) is 2.98. The van der Waals surface area contributed by atoms with Gasteiger partial charge in [-0.3, -0.25) is 0 Å². The third-order valence-corrected chi connectivity index (χ3v) is 4.30. The molecule has 3 N–H and O–H groups in total. The molecule has 1 aromatic carbocycles. The molecule has 1 heterocycles. The highest BCUT2D eigenvalue weighted by Crippen LogP contribution is 2.25. The molecule has 0 aliphatic carbocycles. The van der Waals surface area contributed by atoms with Gasteiger partial charge in [-0.05, 0) is 51.1 Å². The topological polar surface area (TPSA) is 66.6 Å². The number of benzene rings is 1. The van der Waals surface area contributed by atoms with Crippen molar-refractivity contribution in [3.05, 3.63) is 44.6 Å². The van der Waals surface area contributed by atoms with E-state index >= 15 is 0 Å². The third-order valence-electron chi connectivity index (χ3n) is 2.75. The molecule has 100 valence electrons. The first-order chi connectivity index (χ1) is 8.97. The van der Waals surface area contributed by atoms with E-state index in [4.69, 9.17) is 10.8 Å². The normalized spacial score (nSPS) is 10.4. The molecule has 0 unspecified atom stereocenters. The lowest BCUT2D eigenvalue weighted by Crippen LogP contribution is -2.16. The van der Waals surface area contributed by atoms with Crippen molar-refractivity contribution in [2.45, 2.75) is 6.54 Å². The van der Waals surface area contributed by atoms with Crippen molar-refractivity contribution in [3.63, 3.8) is 0 Å². The minimum Gasteiger partial charge on any atom is -0.478 e. The van der Waals surface area contributed by atoms with Crippen molar-refractivity contribution in [1.82, 2.24) is 0 Å². The van der Waals surface area contributed by atoms with Gasteiger partial charge in [0.2, 0.25) is 0 Å². The molecular weight excluding hydrogens is 328 g/mol. The van der Waals surface area contributed by atoms with Gasteiger partial charge in [0, 0.05) is 25.0 Å². The highest BCUT2D eigenvalue weighted by molar-refractivity contribution is 9.11. The first-order valence-electron chi connectivity index (χ1n) is 5.54. The first-order valence-corrected chi connectivity index (χ1v) is 7.21. The fraction of sp³-hybridized carbons (Fsp3) is 0.154. The predicted molar refractivity (Wildman–Crippen MR) is 81.9 cm³/mol. The number of hydrogen-bond acceptors (Lipinski definition) is 4. The van der Waals surface area contributed by atoms with Crippen LogP contribution in [-0.2, 0) is 6.54 Å². The van der Waals surface area contributed by atoms with E-state index in [9.17, 15) is 4.79 Å². The van der Waals surface area contributed by atoms with E-state index in [0.29, 0.717) is 0 Å². The van der Waals surface area contributed by atoms with Crippen LogP contribution in [0.4, 0.5) is 11.4 Å². The number of nitrogen functional groups attached to an aromatic ring is 1. The molecule has 0 saturated carbocycles. The van der Waals surface area contributed by atoms with Gasteiger partial charge in [0.15, 0.2) is 0 Å². The Kier molecular flexibility index (Phi) is 4.11. The Hall–Kier alpha value is -1.53. The van der Waals surface area contributed by atoms with Gasteiger partial charge in [-0.1, -0.05) is 0 Å². The van der Waals surface area contributed by atoms with Crippen molar-refractivity contribution < 1.29 is 9.90 Å². The van der Waals surface area contributed by atoms with Crippen LogP contribution in [0.25, 0.3) is 0 Å². The summed E-state index contributed by atoms with van der Waals surface area (Å²) in [6.07, 6.45) is 0. The first kappa shape index (κ1) is 13.9. The molecule has 0 aliphatic rings. The molecule has 0 aliphatic heterocycles. The van der Waals surface area contributed by atoms with Crippen LogP contribution in [0.1, 0.15) is 15.9 Å². The lowest BCUT2D eigenvalue weighted by atomic mass is 10.1. The third kappa shape index (κ3) is 3.27. The van der Waals surface area contributed by atoms with Gasteiger partial charge in [0.25, 0.3) is 0 Å². The minimum atomic E-state index is -1.01. The van der Waals surface area contributed by atoms with Crippen molar-refractivity contribution >= 4 is 44.6 Å².